The predicted molar refractivity (Wildman–Crippen MR) is 120 cm³/mol. The molecular formula is C23H33N5O3. The number of nitrogens with one attached hydrogen (secondary N) is 1. The van der Waals surface area contributed by atoms with E-state index in [4.69, 9.17) is 0 Å². The fourth-order valence-electron chi connectivity index (χ4n) is 5.15. The largest absolute Gasteiger partial charge is 0.369 e. The molecule has 4 rings (SSSR count). The molecule has 1 saturated carbocycles. The molecular weight excluding hydrogens is 394 g/mol. The number of anilines is 2. The van der Waals surface area contributed by atoms with Gasteiger partial charge in [-0.2, -0.15) is 0 Å². The summed E-state index contributed by atoms with van der Waals surface area (Å²) in [4.78, 5) is 45.8. The number of hydrogen-bond donors (Lipinski definition) is 1. The minimum atomic E-state index is -0.754. The van der Waals surface area contributed by atoms with E-state index in [1.807, 2.05) is 25.1 Å². The van der Waals surface area contributed by atoms with Crippen LogP contribution >= 0.6 is 0 Å². The first kappa shape index (κ1) is 21.6. The molecule has 0 bridgehead atoms. The fraction of sp³-hybridized carbons (Fsp3) is 0.609. The molecule has 8 heteroatoms. The van der Waals surface area contributed by atoms with Crippen molar-refractivity contribution in [3.05, 3.63) is 23.8 Å². The predicted octanol–water partition coefficient (Wildman–Crippen LogP) is 2.28. The van der Waals surface area contributed by atoms with Crippen molar-refractivity contribution in [3.8, 4) is 0 Å². The molecule has 0 atom stereocenters. The number of carbonyl (C=O) groups excluding carboxylic acids is 3. The smallest absolute Gasteiger partial charge is 0.327 e. The molecule has 0 radical (unpaired) electrons. The summed E-state index contributed by atoms with van der Waals surface area (Å²) in [7, 11) is 3.82. The summed E-state index contributed by atoms with van der Waals surface area (Å²) in [6, 6.07) is 5.51. The molecule has 1 spiro atoms. The van der Waals surface area contributed by atoms with Crippen LogP contribution in [-0.2, 0) is 9.59 Å². The maximum absolute atomic E-state index is 13.1. The third-order valence-electron chi connectivity index (χ3n) is 7.11. The molecule has 1 aromatic carbocycles. The van der Waals surface area contributed by atoms with E-state index in [9.17, 15) is 14.4 Å². The molecule has 1 aliphatic carbocycles. The van der Waals surface area contributed by atoms with Crippen molar-refractivity contribution in [2.45, 2.75) is 44.6 Å². The molecule has 1 aromatic rings. The standard InChI is InChI=1S/C23H33N5O3/c1-17-15-18(7-8-19(17)27-13-11-25(2)12-14-27)24-20(29)16-28-21(30)23(26(3)22(28)31)9-5-4-6-10-23/h7-8,15H,4-6,9-14,16H2,1-3H3,(H,24,29). The Morgan fingerprint density at radius 1 is 1.03 bits per heavy atom. The second-order valence-corrected chi connectivity index (χ2v) is 9.16. The van der Waals surface area contributed by atoms with Crippen LogP contribution in [0, 0.1) is 6.92 Å². The third-order valence-corrected chi connectivity index (χ3v) is 7.11. The normalized spacial score (nSPS) is 21.8. The van der Waals surface area contributed by atoms with Gasteiger partial charge in [-0.15, -0.1) is 0 Å². The lowest BCUT2D eigenvalue weighted by atomic mass is 9.81. The van der Waals surface area contributed by atoms with Gasteiger partial charge in [-0.25, -0.2) is 4.79 Å². The molecule has 3 fully saturated rings. The quantitative estimate of drug-likeness (QED) is 0.746. The molecule has 2 heterocycles. The Labute approximate surface area is 184 Å². The SMILES string of the molecule is Cc1cc(NC(=O)CN2C(=O)N(C)C3(CCCCC3)C2=O)ccc1N1CCN(C)CC1. The summed E-state index contributed by atoms with van der Waals surface area (Å²) in [6.45, 7) is 5.83. The van der Waals surface area contributed by atoms with Crippen LogP contribution in [0.1, 0.15) is 37.7 Å². The molecule has 2 saturated heterocycles. The maximum Gasteiger partial charge on any atom is 0.327 e. The number of hydrogen-bond acceptors (Lipinski definition) is 5. The van der Waals surface area contributed by atoms with Crippen LogP contribution in [0.3, 0.4) is 0 Å². The zero-order valence-corrected chi connectivity index (χ0v) is 18.8. The number of likely N-dealkylation sites (N-methyl/N-ethyl adjacent to an activating group) is 2. The fourth-order valence-corrected chi connectivity index (χ4v) is 5.15. The number of benzene rings is 1. The number of amides is 4. The van der Waals surface area contributed by atoms with E-state index in [1.54, 1.807) is 11.9 Å². The highest BCUT2D eigenvalue weighted by atomic mass is 16.2. The van der Waals surface area contributed by atoms with Gasteiger partial charge in [-0.1, -0.05) is 19.3 Å². The van der Waals surface area contributed by atoms with Gasteiger partial charge < -0.3 is 20.0 Å². The van der Waals surface area contributed by atoms with Crippen molar-refractivity contribution in [1.29, 1.82) is 0 Å². The summed E-state index contributed by atoms with van der Waals surface area (Å²) in [5.41, 5.74) is 2.20. The van der Waals surface area contributed by atoms with Crippen LogP contribution in [-0.4, -0.2) is 84.9 Å². The minimum absolute atomic E-state index is 0.226. The van der Waals surface area contributed by atoms with Gasteiger partial charge in [-0.05, 0) is 50.6 Å². The van der Waals surface area contributed by atoms with E-state index >= 15 is 0 Å². The average molecular weight is 428 g/mol. The van der Waals surface area contributed by atoms with Gasteiger partial charge in [0.05, 0.1) is 0 Å². The van der Waals surface area contributed by atoms with Gasteiger partial charge in [0.1, 0.15) is 12.1 Å². The highest BCUT2D eigenvalue weighted by Crippen LogP contribution is 2.39. The van der Waals surface area contributed by atoms with E-state index in [0.29, 0.717) is 18.5 Å². The van der Waals surface area contributed by atoms with Gasteiger partial charge in [0.2, 0.25) is 5.91 Å². The van der Waals surface area contributed by atoms with Gasteiger partial charge in [-0.3, -0.25) is 14.5 Å². The maximum atomic E-state index is 13.1. The van der Waals surface area contributed by atoms with Gasteiger partial charge >= 0.3 is 6.03 Å². The van der Waals surface area contributed by atoms with Crippen LogP contribution in [0.25, 0.3) is 0 Å². The van der Waals surface area contributed by atoms with Crippen molar-refractivity contribution in [1.82, 2.24) is 14.7 Å². The Morgan fingerprint density at radius 3 is 2.35 bits per heavy atom. The molecule has 8 nitrogen and oxygen atoms in total. The summed E-state index contributed by atoms with van der Waals surface area (Å²) >= 11 is 0. The van der Waals surface area contributed by atoms with E-state index in [-0.39, 0.29) is 24.4 Å². The molecule has 0 aromatic heterocycles. The van der Waals surface area contributed by atoms with E-state index in [2.05, 4.69) is 22.2 Å². The lowest BCUT2D eigenvalue weighted by molar-refractivity contribution is -0.136. The Morgan fingerprint density at radius 2 is 1.71 bits per heavy atom. The Kier molecular flexibility index (Phi) is 5.92. The van der Waals surface area contributed by atoms with Crippen molar-refractivity contribution >= 4 is 29.2 Å². The Bertz CT molecular complexity index is 872. The zero-order valence-electron chi connectivity index (χ0n) is 18.8. The summed E-state index contributed by atoms with van der Waals surface area (Å²) < 4.78 is 0. The molecule has 168 valence electrons. The number of imide groups is 1. The second-order valence-electron chi connectivity index (χ2n) is 9.16. The lowest BCUT2D eigenvalue weighted by Crippen LogP contribution is -2.49. The monoisotopic (exact) mass is 427 g/mol. The zero-order chi connectivity index (χ0) is 22.2. The minimum Gasteiger partial charge on any atom is -0.369 e. The highest BCUT2D eigenvalue weighted by molar-refractivity contribution is 6.10. The van der Waals surface area contributed by atoms with E-state index in [0.717, 1.165) is 55.9 Å². The van der Waals surface area contributed by atoms with Crippen molar-refractivity contribution in [2.75, 3.05) is 57.0 Å². The van der Waals surface area contributed by atoms with Crippen LogP contribution < -0.4 is 10.2 Å². The van der Waals surface area contributed by atoms with E-state index < -0.39 is 5.54 Å². The number of nitrogens with zero attached hydrogens (tertiary/aromatic N) is 4. The topological polar surface area (TPSA) is 76.2 Å². The van der Waals surface area contributed by atoms with Crippen molar-refractivity contribution in [2.24, 2.45) is 0 Å². The molecule has 4 amide bonds. The van der Waals surface area contributed by atoms with Crippen molar-refractivity contribution in [3.63, 3.8) is 0 Å². The first-order valence-electron chi connectivity index (χ1n) is 11.3. The highest BCUT2D eigenvalue weighted by Gasteiger charge is 2.55. The number of aryl methyl sites for hydroxylation is 1. The summed E-state index contributed by atoms with van der Waals surface area (Å²) in [5.74, 6) is -0.578. The Balaban J connectivity index is 1.40. The summed E-state index contributed by atoms with van der Waals surface area (Å²) in [6.07, 6.45) is 4.31. The van der Waals surface area contributed by atoms with Gasteiger partial charge in [0, 0.05) is 44.6 Å². The Hall–Kier alpha value is -2.61. The lowest BCUT2D eigenvalue weighted by Gasteiger charge is -2.35. The van der Waals surface area contributed by atoms with E-state index in [1.165, 1.54) is 5.69 Å². The first-order valence-corrected chi connectivity index (χ1v) is 11.3. The molecule has 31 heavy (non-hydrogen) atoms. The molecule has 3 aliphatic rings. The number of rotatable bonds is 4. The first-order chi connectivity index (χ1) is 14.8. The van der Waals surface area contributed by atoms with Crippen LogP contribution in [0.2, 0.25) is 0 Å². The van der Waals surface area contributed by atoms with Gasteiger partial charge in [0.15, 0.2) is 0 Å². The van der Waals surface area contributed by atoms with Gasteiger partial charge in [0.25, 0.3) is 5.91 Å². The number of carbonyl (C=O) groups is 3. The van der Waals surface area contributed by atoms with Crippen LogP contribution in [0.15, 0.2) is 18.2 Å². The molecule has 1 N–H and O–H groups in total. The average Bonchev–Trinajstić information content (AvgIpc) is 2.92. The molecule has 2 aliphatic heterocycles. The summed E-state index contributed by atoms with van der Waals surface area (Å²) in [5, 5.41) is 2.86. The van der Waals surface area contributed by atoms with Crippen molar-refractivity contribution < 1.29 is 14.4 Å². The van der Waals surface area contributed by atoms with Crippen LogP contribution in [0.5, 0.6) is 0 Å². The number of piperazine rings is 1. The van der Waals surface area contributed by atoms with Crippen LogP contribution in [0.4, 0.5) is 16.2 Å². The second kappa shape index (κ2) is 8.49. The molecule has 0 unspecified atom stereocenters. The number of urea groups is 1. The third kappa shape index (κ3) is 4.01.